The van der Waals surface area contributed by atoms with Gasteiger partial charge in [0, 0.05) is 10.6 Å². The van der Waals surface area contributed by atoms with Gasteiger partial charge < -0.3 is 9.47 Å². The van der Waals surface area contributed by atoms with Gasteiger partial charge in [-0.2, -0.15) is 5.26 Å². The Balaban J connectivity index is 2.02. The van der Waals surface area contributed by atoms with Gasteiger partial charge in [-0.1, -0.05) is 23.7 Å². The highest BCUT2D eigenvalue weighted by Gasteiger charge is 2.26. The first-order valence-corrected chi connectivity index (χ1v) is 5.07. The van der Waals surface area contributed by atoms with Gasteiger partial charge in [-0.25, -0.2) is 0 Å². The predicted molar refractivity (Wildman–Crippen MR) is 55.2 cm³/mol. The molecule has 2 rings (SSSR count). The molecule has 3 nitrogen and oxygen atoms in total. The molecule has 1 aromatic carbocycles. The number of benzene rings is 1. The van der Waals surface area contributed by atoms with E-state index in [1.807, 2.05) is 12.1 Å². The fraction of sp³-hybridized carbons (Fsp3) is 0.364. The number of ether oxygens (including phenoxy) is 2. The van der Waals surface area contributed by atoms with E-state index in [0.29, 0.717) is 18.1 Å². The van der Waals surface area contributed by atoms with Crippen molar-refractivity contribution in [2.24, 2.45) is 0 Å². The lowest BCUT2D eigenvalue weighted by molar-refractivity contribution is -0.0592. The van der Waals surface area contributed by atoms with Crippen LogP contribution in [0.15, 0.2) is 24.3 Å². The SMILES string of the molecule is N#CCC1COC(c2ccc(Cl)cc2)O1. The zero-order valence-corrected chi connectivity index (χ0v) is 8.78. The monoisotopic (exact) mass is 223 g/mol. The zero-order chi connectivity index (χ0) is 10.7. The van der Waals surface area contributed by atoms with Crippen LogP contribution in [-0.4, -0.2) is 12.7 Å². The maximum atomic E-state index is 8.52. The fourth-order valence-corrected chi connectivity index (χ4v) is 1.58. The number of halogens is 1. The third-order valence-electron chi connectivity index (χ3n) is 2.21. The molecule has 0 aliphatic carbocycles. The molecule has 1 aromatic rings. The van der Waals surface area contributed by atoms with Gasteiger partial charge in [0.05, 0.1) is 25.2 Å². The molecule has 1 aliphatic heterocycles. The first kappa shape index (κ1) is 10.4. The molecule has 0 saturated carbocycles. The summed E-state index contributed by atoms with van der Waals surface area (Å²) in [5, 5.41) is 9.20. The summed E-state index contributed by atoms with van der Waals surface area (Å²) in [7, 11) is 0. The first-order chi connectivity index (χ1) is 7.29. The highest BCUT2D eigenvalue weighted by atomic mass is 35.5. The van der Waals surface area contributed by atoms with Gasteiger partial charge in [0.25, 0.3) is 0 Å². The van der Waals surface area contributed by atoms with E-state index in [-0.39, 0.29) is 12.4 Å². The van der Waals surface area contributed by atoms with Crippen molar-refractivity contribution >= 4 is 11.6 Å². The van der Waals surface area contributed by atoms with E-state index in [4.69, 9.17) is 26.3 Å². The average Bonchev–Trinajstić information content (AvgIpc) is 2.68. The van der Waals surface area contributed by atoms with E-state index in [9.17, 15) is 0 Å². The standard InChI is InChI=1S/C11H10ClNO2/c12-9-3-1-8(2-4-9)11-14-7-10(15-11)5-6-13/h1-4,10-11H,5,7H2. The van der Waals surface area contributed by atoms with Crippen molar-refractivity contribution in [3.05, 3.63) is 34.9 Å². The zero-order valence-electron chi connectivity index (χ0n) is 8.02. The Morgan fingerprint density at radius 1 is 1.40 bits per heavy atom. The molecule has 2 atom stereocenters. The van der Waals surface area contributed by atoms with Crippen molar-refractivity contribution in [1.82, 2.24) is 0 Å². The fourth-order valence-electron chi connectivity index (χ4n) is 1.45. The van der Waals surface area contributed by atoms with Crippen LogP contribution in [0.2, 0.25) is 5.02 Å². The number of hydrogen-bond donors (Lipinski definition) is 0. The molecule has 78 valence electrons. The minimum absolute atomic E-state index is 0.115. The van der Waals surface area contributed by atoms with E-state index >= 15 is 0 Å². The summed E-state index contributed by atoms with van der Waals surface area (Å²) < 4.78 is 11.0. The van der Waals surface area contributed by atoms with Crippen molar-refractivity contribution in [3.8, 4) is 6.07 Å². The molecule has 1 aliphatic rings. The van der Waals surface area contributed by atoms with Crippen LogP contribution in [0.5, 0.6) is 0 Å². The van der Waals surface area contributed by atoms with Crippen molar-refractivity contribution in [3.63, 3.8) is 0 Å². The van der Waals surface area contributed by atoms with Crippen LogP contribution in [0, 0.1) is 11.3 Å². The molecule has 0 aromatic heterocycles. The van der Waals surface area contributed by atoms with Crippen molar-refractivity contribution in [2.75, 3.05) is 6.61 Å². The van der Waals surface area contributed by atoms with Gasteiger partial charge in [-0.3, -0.25) is 0 Å². The third kappa shape index (κ3) is 2.48. The van der Waals surface area contributed by atoms with Gasteiger partial charge in [-0.15, -0.1) is 0 Å². The molecule has 1 saturated heterocycles. The molecule has 0 radical (unpaired) electrons. The normalized spacial score (nSPS) is 25.1. The summed E-state index contributed by atoms with van der Waals surface area (Å²) in [4.78, 5) is 0. The first-order valence-electron chi connectivity index (χ1n) is 4.69. The van der Waals surface area contributed by atoms with Crippen LogP contribution in [0.4, 0.5) is 0 Å². The number of rotatable bonds is 2. The molecule has 1 fully saturated rings. The lowest BCUT2D eigenvalue weighted by atomic mass is 10.2. The lowest BCUT2D eigenvalue weighted by Gasteiger charge is -2.10. The van der Waals surface area contributed by atoms with E-state index in [1.165, 1.54) is 0 Å². The topological polar surface area (TPSA) is 42.2 Å². The van der Waals surface area contributed by atoms with Crippen molar-refractivity contribution < 1.29 is 9.47 Å². The average molecular weight is 224 g/mol. The summed E-state index contributed by atoms with van der Waals surface area (Å²) >= 11 is 5.77. The van der Waals surface area contributed by atoms with E-state index in [0.717, 1.165) is 5.56 Å². The molecule has 0 N–H and O–H groups in total. The van der Waals surface area contributed by atoms with Crippen molar-refractivity contribution in [1.29, 1.82) is 5.26 Å². The smallest absolute Gasteiger partial charge is 0.184 e. The van der Waals surface area contributed by atoms with Crippen LogP contribution in [0.25, 0.3) is 0 Å². The van der Waals surface area contributed by atoms with E-state index in [2.05, 4.69) is 6.07 Å². The summed E-state index contributed by atoms with van der Waals surface area (Å²) in [5.41, 5.74) is 0.930. The minimum atomic E-state index is -0.361. The Morgan fingerprint density at radius 3 is 2.80 bits per heavy atom. The van der Waals surface area contributed by atoms with Crippen LogP contribution in [-0.2, 0) is 9.47 Å². The van der Waals surface area contributed by atoms with Crippen LogP contribution in [0.1, 0.15) is 18.3 Å². The number of hydrogen-bond acceptors (Lipinski definition) is 3. The summed E-state index contributed by atoms with van der Waals surface area (Å²) in [6.07, 6.45) is -0.110. The van der Waals surface area contributed by atoms with Crippen molar-refractivity contribution in [2.45, 2.75) is 18.8 Å². The van der Waals surface area contributed by atoms with Gasteiger partial charge >= 0.3 is 0 Å². The Kier molecular flexibility index (Phi) is 3.22. The number of nitriles is 1. The molecule has 15 heavy (non-hydrogen) atoms. The van der Waals surface area contributed by atoms with Crippen LogP contribution >= 0.6 is 11.6 Å². The molecule has 4 heteroatoms. The van der Waals surface area contributed by atoms with E-state index in [1.54, 1.807) is 12.1 Å². The quantitative estimate of drug-likeness (QED) is 0.774. The van der Waals surface area contributed by atoms with Gasteiger partial charge in [0.2, 0.25) is 0 Å². The number of nitrogens with zero attached hydrogens (tertiary/aromatic N) is 1. The Bertz CT molecular complexity index is 371. The van der Waals surface area contributed by atoms with Gasteiger partial charge in [0.1, 0.15) is 0 Å². The second-order valence-electron chi connectivity index (χ2n) is 3.34. The van der Waals surface area contributed by atoms with Crippen LogP contribution in [0.3, 0.4) is 0 Å². The molecule has 2 unspecified atom stereocenters. The Morgan fingerprint density at radius 2 is 2.13 bits per heavy atom. The molecular weight excluding hydrogens is 214 g/mol. The summed E-state index contributed by atoms with van der Waals surface area (Å²) in [6, 6.07) is 9.38. The molecule has 1 heterocycles. The molecule has 0 spiro atoms. The van der Waals surface area contributed by atoms with Crippen LogP contribution < -0.4 is 0 Å². The predicted octanol–water partition coefficient (Wildman–Crippen LogP) is 2.67. The van der Waals surface area contributed by atoms with Gasteiger partial charge in [-0.05, 0) is 12.1 Å². The Labute approximate surface area is 93.2 Å². The highest BCUT2D eigenvalue weighted by Crippen LogP contribution is 2.28. The molecular formula is C11H10ClNO2. The highest BCUT2D eigenvalue weighted by molar-refractivity contribution is 6.30. The Hall–Kier alpha value is -1.08. The second-order valence-corrected chi connectivity index (χ2v) is 3.77. The maximum Gasteiger partial charge on any atom is 0.184 e. The summed E-state index contributed by atoms with van der Waals surface area (Å²) in [6.45, 7) is 0.473. The van der Waals surface area contributed by atoms with Gasteiger partial charge in [0.15, 0.2) is 6.29 Å². The third-order valence-corrected chi connectivity index (χ3v) is 2.46. The minimum Gasteiger partial charge on any atom is -0.346 e. The second kappa shape index (κ2) is 4.63. The largest absolute Gasteiger partial charge is 0.346 e. The molecule has 0 amide bonds. The lowest BCUT2D eigenvalue weighted by Crippen LogP contribution is -2.07. The summed E-state index contributed by atoms with van der Waals surface area (Å²) in [5.74, 6) is 0. The molecule has 0 bridgehead atoms. The maximum absolute atomic E-state index is 8.52. The van der Waals surface area contributed by atoms with E-state index < -0.39 is 0 Å².